The molecule has 0 bridgehead atoms. The third kappa shape index (κ3) is 2.59. The van der Waals surface area contributed by atoms with Gasteiger partial charge in [0, 0.05) is 11.6 Å². The summed E-state index contributed by atoms with van der Waals surface area (Å²) in [4.78, 5) is 30.0. The van der Waals surface area contributed by atoms with Crippen LogP contribution in [0.15, 0.2) is 21.9 Å². The summed E-state index contributed by atoms with van der Waals surface area (Å²) in [6, 6.07) is 1.54. The van der Waals surface area contributed by atoms with E-state index < -0.39 is 36.3 Å². The van der Waals surface area contributed by atoms with Gasteiger partial charge in [-0.25, -0.2) is 4.79 Å². The van der Waals surface area contributed by atoms with Crippen molar-refractivity contribution in [2.75, 3.05) is 6.61 Å². The fourth-order valence-corrected chi connectivity index (χ4v) is 3.09. The Balaban J connectivity index is 2.17. The molecule has 0 amide bonds. The van der Waals surface area contributed by atoms with E-state index in [9.17, 15) is 24.9 Å². The van der Waals surface area contributed by atoms with Crippen molar-refractivity contribution in [1.82, 2.24) is 14.5 Å². The van der Waals surface area contributed by atoms with Gasteiger partial charge in [-0.05, 0) is 35.6 Å². The number of aromatic amines is 1. The molecule has 124 valence electrons. The van der Waals surface area contributed by atoms with Crippen molar-refractivity contribution in [2.45, 2.75) is 31.0 Å². The van der Waals surface area contributed by atoms with Gasteiger partial charge in [-0.1, -0.05) is 0 Å². The minimum atomic E-state index is -1.79. The lowest BCUT2D eigenvalue weighted by molar-refractivity contribution is -0.0985. The van der Waals surface area contributed by atoms with Crippen molar-refractivity contribution in [3.63, 3.8) is 0 Å². The highest BCUT2D eigenvalue weighted by molar-refractivity contribution is 14.1. The molecule has 0 saturated carbocycles. The molecule has 0 aromatic carbocycles. The molecule has 3 rings (SSSR count). The molecule has 1 fully saturated rings. The van der Waals surface area contributed by atoms with Crippen molar-refractivity contribution in [3.05, 3.63) is 36.7 Å². The molecule has 23 heavy (non-hydrogen) atoms. The molecule has 9 nitrogen and oxygen atoms in total. The number of nitrogens with one attached hydrogen (secondary N) is 1. The van der Waals surface area contributed by atoms with Gasteiger partial charge in [-0.15, -0.1) is 0 Å². The first-order chi connectivity index (χ1) is 10.8. The van der Waals surface area contributed by atoms with E-state index in [1.807, 2.05) is 22.6 Å². The number of fused-ring (bicyclic) bond motifs is 1. The number of hydrogen-bond acceptors (Lipinski definition) is 7. The van der Waals surface area contributed by atoms with Crippen molar-refractivity contribution < 1.29 is 20.1 Å². The van der Waals surface area contributed by atoms with Crippen molar-refractivity contribution in [2.24, 2.45) is 0 Å². The zero-order chi connectivity index (χ0) is 16.9. The van der Waals surface area contributed by atoms with Gasteiger partial charge in [0.05, 0.1) is 10.2 Å². The molecule has 0 aliphatic carbocycles. The first-order valence-corrected chi connectivity index (χ1v) is 7.82. The van der Waals surface area contributed by atoms with Crippen molar-refractivity contribution in [1.29, 1.82) is 0 Å². The Labute approximate surface area is 142 Å². The molecule has 0 unspecified atom stereocenters. The molecule has 2 aromatic rings. The van der Waals surface area contributed by atoms with Crippen molar-refractivity contribution >= 4 is 33.6 Å². The average Bonchev–Trinajstić information content (AvgIpc) is 2.71. The first-order valence-electron chi connectivity index (χ1n) is 6.74. The standard InChI is InChI=1S/C13H14IN3O6/c1-13(22)8(19)7(4-18)23-11(13)17-3-5-2-6(14)10(20)15-9(5)16-12(17)21/h2-3,7-8,11,18-19,22H,4H2,1H3,(H,15,16,20,21)/t7-,8-,11-,13-/m1/s1. The van der Waals surface area contributed by atoms with Crippen LogP contribution in [-0.2, 0) is 4.74 Å². The molecule has 4 N–H and O–H groups in total. The van der Waals surface area contributed by atoms with Crippen LogP contribution in [-0.4, -0.2) is 54.3 Å². The Bertz CT molecular complexity index is 876. The highest BCUT2D eigenvalue weighted by Crippen LogP contribution is 2.37. The summed E-state index contributed by atoms with van der Waals surface area (Å²) in [5, 5.41) is 30.1. The Morgan fingerprint density at radius 3 is 2.83 bits per heavy atom. The van der Waals surface area contributed by atoms with Gasteiger partial charge in [0.2, 0.25) is 0 Å². The fourth-order valence-electron chi connectivity index (χ4n) is 2.62. The number of pyridine rings is 1. The summed E-state index contributed by atoms with van der Waals surface area (Å²) >= 11 is 1.85. The number of aliphatic hydroxyl groups excluding tert-OH is 2. The number of aliphatic hydroxyl groups is 3. The average molecular weight is 435 g/mol. The molecule has 4 atom stereocenters. The largest absolute Gasteiger partial charge is 0.394 e. The van der Waals surface area contributed by atoms with Crippen LogP contribution in [0.3, 0.4) is 0 Å². The topological polar surface area (TPSA) is 138 Å². The lowest BCUT2D eigenvalue weighted by Gasteiger charge is -2.27. The predicted molar refractivity (Wildman–Crippen MR) is 87.0 cm³/mol. The maximum atomic E-state index is 12.2. The van der Waals surface area contributed by atoms with Gasteiger partial charge >= 0.3 is 5.69 Å². The Kier molecular flexibility index (Phi) is 4.04. The highest BCUT2D eigenvalue weighted by Gasteiger charge is 2.53. The van der Waals surface area contributed by atoms with Crippen LogP contribution in [0.1, 0.15) is 13.2 Å². The van der Waals surface area contributed by atoms with E-state index in [1.165, 1.54) is 13.1 Å². The smallest absolute Gasteiger partial charge is 0.351 e. The summed E-state index contributed by atoms with van der Waals surface area (Å²) in [5.74, 6) is 0. The summed E-state index contributed by atoms with van der Waals surface area (Å²) < 4.78 is 6.86. The quantitative estimate of drug-likeness (QED) is 0.430. The minimum absolute atomic E-state index is 0.119. The Morgan fingerprint density at radius 1 is 1.52 bits per heavy atom. The van der Waals surface area contributed by atoms with Crippen LogP contribution in [0.5, 0.6) is 0 Å². The number of H-pyrrole nitrogens is 1. The zero-order valence-corrected chi connectivity index (χ0v) is 14.1. The van der Waals surface area contributed by atoms with Gasteiger partial charge in [0.15, 0.2) is 6.23 Å². The summed E-state index contributed by atoms with van der Waals surface area (Å²) in [6.45, 7) is 0.806. The van der Waals surface area contributed by atoms with E-state index in [0.717, 1.165) is 4.57 Å². The summed E-state index contributed by atoms with van der Waals surface area (Å²) in [5.41, 5.74) is -2.79. The number of rotatable bonds is 2. The van der Waals surface area contributed by atoms with Gasteiger partial charge < -0.3 is 25.0 Å². The zero-order valence-electron chi connectivity index (χ0n) is 11.9. The molecular weight excluding hydrogens is 421 g/mol. The van der Waals surface area contributed by atoms with E-state index in [-0.39, 0.29) is 11.2 Å². The molecular formula is C13H14IN3O6. The van der Waals surface area contributed by atoms with E-state index in [2.05, 4.69) is 9.97 Å². The fraction of sp³-hybridized carbons (Fsp3) is 0.462. The molecule has 0 radical (unpaired) electrons. The molecule has 10 heteroatoms. The van der Waals surface area contributed by atoms with Crippen molar-refractivity contribution in [3.8, 4) is 0 Å². The summed E-state index contributed by atoms with van der Waals surface area (Å²) in [6.07, 6.45) is -2.22. The van der Waals surface area contributed by atoms with Gasteiger partial charge in [0.25, 0.3) is 5.56 Å². The number of hydrogen-bond donors (Lipinski definition) is 4. The lowest BCUT2D eigenvalue weighted by Crippen LogP contribution is -2.46. The maximum Gasteiger partial charge on any atom is 0.351 e. The number of halogens is 1. The number of aromatic nitrogens is 3. The Hall–Kier alpha value is -1.34. The normalized spacial score (nSPS) is 30.9. The molecule has 2 aromatic heterocycles. The van der Waals surface area contributed by atoms with Gasteiger partial charge in [0.1, 0.15) is 23.5 Å². The summed E-state index contributed by atoms with van der Waals surface area (Å²) in [7, 11) is 0. The van der Waals surface area contributed by atoms with E-state index in [1.54, 1.807) is 6.07 Å². The minimum Gasteiger partial charge on any atom is -0.394 e. The van der Waals surface area contributed by atoms with E-state index in [4.69, 9.17) is 4.74 Å². The first kappa shape index (κ1) is 16.5. The van der Waals surface area contributed by atoms with Crippen LogP contribution in [0.25, 0.3) is 11.0 Å². The van der Waals surface area contributed by atoms with E-state index in [0.29, 0.717) is 8.96 Å². The van der Waals surface area contributed by atoms with Gasteiger partial charge in [-0.3, -0.25) is 9.36 Å². The van der Waals surface area contributed by atoms with Crippen LogP contribution >= 0.6 is 22.6 Å². The lowest BCUT2D eigenvalue weighted by atomic mass is 9.96. The van der Waals surface area contributed by atoms with Crippen LogP contribution in [0, 0.1) is 3.57 Å². The number of nitrogens with zero attached hydrogens (tertiary/aromatic N) is 2. The molecule has 1 aliphatic heterocycles. The SMILES string of the molecule is C[C@@]1(O)[C@H](O)[C@@H](CO)O[C@H]1n1cc2cc(I)c(=O)[nH]c2nc1=O. The molecule has 0 spiro atoms. The molecule has 1 saturated heterocycles. The Morgan fingerprint density at radius 2 is 2.22 bits per heavy atom. The monoisotopic (exact) mass is 435 g/mol. The second-order valence-corrected chi connectivity index (χ2v) is 6.72. The van der Waals surface area contributed by atoms with Crippen LogP contribution in [0.2, 0.25) is 0 Å². The van der Waals surface area contributed by atoms with Crippen LogP contribution < -0.4 is 11.2 Å². The molecule has 3 heterocycles. The second kappa shape index (κ2) is 5.63. The predicted octanol–water partition coefficient (Wildman–Crippen LogP) is -1.31. The second-order valence-electron chi connectivity index (χ2n) is 5.56. The highest BCUT2D eigenvalue weighted by atomic mass is 127. The third-order valence-corrected chi connectivity index (χ3v) is 4.70. The number of ether oxygens (including phenoxy) is 1. The van der Waals surface area contributed by atoms with Gasteiger partial charge in [-0.2, -0.15) is 4.98 Å². The van der Waals surface area contributed by atoms with E-state index >= 15 is 0 Å². The maximum absolute atomic E-state index is 12.2. The third-order valence-electron chi connectivity index (χ3n) is 3.90. The van der Waals surface area contributed by atoms with Crippen LogP contribution in [0.4, 0.5) is 0 Å². The molecule has 1 aliphatic rings.